The lowest BCUT2D eigenvalue weighted by Gasteiger charge is -2.62. The van der Waals surface area contributed by atoms with Crippen molar-refractivity contribution >= 4 is 11.7 Å². The van der Waals surface area contributed by atoms with Crippen LogP contribution in [-0.2, 0) is 9.59 Å². The molecule has 1 N–H and O–H groups in total. The van der Waals surface area contributed by atoms with Crippen LogP contribution in [0.1, 0.15) is 136 Å². The highest BCUT2D eigenvalue weighted by atomic mass is 16.3. The van der Waals surface area contributed by atoms with E-state index in [-0.39, 0.29) is 11.5 Å². The van der Waals surface area contributed by atoms with Crippen LogP contribution in [0, 0.1) is 40.4 Å². The van der Waals surface area contributed by atoms with Crippen molar-refractivity contribution in [3.63, 3.8) is 0 Å². The van der Waals surface area contributed by atoms with E-state index in [2.05, 4.69) is 20.8 Å². The summed E-state index contributed by atoms with van der Waals surface area (Å²) >= 11 is 0. The highest BCUT2D eigenvalue weighted by Crippen LogP contribution is 2.67. The Balaban J connectivity index is 1.25. The van der Waals surface area contributed by atoms with E-state index in [1.54, 1.807) is 0 Å². The van der Waals surface area contributed by atoms with Crippen LogP contribution in [-0.4, -0.2) is 41.4 Å². The summed E-state index contributed by atoms with van der Waals surface area (Å²) in [6.45, 7) is 7.94. The molecule has 0 aromatic carbocycles. The standard InChI is InChI=1S/C33H57NO3/c1-5-21-34(4)30(37)14-12-10-8-6-7-9-11-13-24-22-25-23-26(35)17-19-32(25,2)28-18-20-33(3)27(31(24)28)15-16-29(33)36/h24-25,27-29,31,36H,5-23H2,1-4H3/t24?,25?,27-,28+,29?,31-,32-,33-/m0/s1. The zero-order valence-electron chi connectivity index (χ0n) is 24.6. The lowest BCUT2D eigenvalue weighted by atomic mass is 9.42. The smallest absolute Gasteiger partial charge is 0.222 e. The Morgan fingerprint density at radius 1 is 0.946 bits per heavy atom. The maximum absolute atomic E-state index is 12.5. The molecule has 0 bridgehead atoms. The average Bonchev–Trinajstić information content (AvgIpc) is 3.18. The van der Waals surface area contributed by atoms with Crippen molar-refractivity contribution in [1.82, 2.24) is 4.90 Å². The average molecular weight is 516 g/mol. The van der Waals surface area contributed by atoms with Gasteiger partial charge in [0.2, 0.25) is 5.91 Å². The lowest BCUT2D eigenvalue weighted by molar-refractivity contribution is -0.156. The number of ketones is 1. The minimum absolute atomic E-state index is 0.111. The Hall–Kier alpha value is -0.900. The van der Waals surface area contributed by atoms with Crippen LogP contribution in [0.25, 0.3) is 0 Å². The molecule has 0 heterocycles. The first-order chi connectivity index (χ1) is 17.7. The number of carbonyl (C=O) groups is 2. The predicted molar refractivity (Wildman–Crippen MR) is 151 cm³/mol. The van der Waals surface area contributed by atoms with Crippen LogP contribution in [0.3, 0.4) is 0 Å². The maximum Gasteiger partial charge on any atom is 0.222 e. The molecule has 4 saturated carbocycles. The topological polar surface area (TPSA) is 57.6 Å². The fourth-order valence-electron chi connectivity index (χ4n) is 9.71. The number of aliphatic hydroxyl groups is 1. The van der Waals surface area contributed by atoms with Crippen molar-refractivity contribution in [2.45, 2.75) is 142 Å². The third kappa shape index (κ3) is 6.15. The van der Waals surface area contributed by atoms with Gasteiger partial charge in [-0.25, -0.2) is 0 Å². The molecule has 8 atom stereocenters. The molecule has 0 spiro atoms. The first kappa shape index (κ1) is 29.1. The van der Waals surface area contributed by atoms with Gasteiger partial charge in [0.05, 0.1) is 6.10 Å². The second-order valence-corrected chi connectivity index (χ2v) is 14.2. The van der Waals surface area contributed by atoms with E-state index in [0.29, 0.717) is 35.4 Å². The number of Topliss-reactive ketones (excluding diaryl/α,β-unsaturated/α-hetero) is 1. The minimum atomic E-state index is -0.111. The number of carbonyl (C=O) groups excluding carboxylic acids is 2. The van der Waals surface area contributed by atoms with Gasteiger partial charge in [-0.3, -0.25) is 9.59 Å². The largest absolute Gasteiger partial charge is 0.393 e. The molecule has 37 heavy (non-hydrogen) atoms. The van der Waals surface area contributed by atoms with Gasteiger partial charge in [-0.2, -0.15) is 0 Å². The Morgan fingerprint density at radius 2 is 1.62 bits per heavy atom. The molecule has 0 aromatic heterocycles. The summed E-state index contributed by atoms with van der Waals surface area (Å²) in [6.07, 6.45) is 20.3. The molecular formula is C33H57NO3. The van der Waals surface area contributed by atoms with Gasteiger partial charge in [0.15, 0.2) is 0 Å². The first-order valence-corrected chi connectivity index (χ1v) is 16.1. The van der Waals surface area contributed by atoms with Gasteiger partial charge in [-0.05, 0) is 91.8 Å². The van der Waals surface area contributed by atoms with E-state index >= 15 is 0 Å². The van der Waals surface area contributed by atoms with Crippen LogP contribution in [0.4, 0.5) is 0 Å². The number of rotatable bonds is 12. The number of hydrogen-bond donors (Lipinski definition) is 1. The predicted octanol–water partition coefficient (Wildman–Crippen LogP) is 7.56. The highest BCUT2D eigenvalue weighted by Gasteiger charge is 2.62. The van der Waals surface area contributed by atoms with Crippen molar-refractivity contribution in [3.8, 4) is 0 Å². The van der Waals surface area contributed by atoms with E-state index in [4.69, 9.17) is 0 Å². The normalized spacial score (nSPS) is 39.1. The molecule has 4 aliphatic rings. The molecule has 0 radical (unpaired) electrons. The summed E-state index contributed by atoms with van der Waals surface area (Å²) < 4.78 is 0. The van der Waals surface area contributed by atoms with E-state index in [9.17, 15) is 14.7 Å². The van der Waals surface area contributed by atoms with Gasteiger partial charge in [0, 0.05) is 32.9 Å². The number of fused-ring (bicyclic) bond motifs is 5. The zero-order chi connectivity index (χ0) is 26.6. The quantitative estimate of drug-likeness (QED) is 0.273. The molecule has 0 aliphatic heterocycles. The van der Waals surface area contributed by atoms with Gasteiger partial charge in [0.25, 0.3) is 0 Å². The van der Waals surface area contributed by atoms with Crippen molar-refractivity contribution < 1.29 is 14.7 Å². The molecule has 4 nitrogen and oxygen atoms in total. The number of aliphatic hydroxyl groups excluding tert-OH is 1. The fraction of sp³-hybridized carbons (Fsp3) is 0.939. The number of unbranched alkanes of at least 4 members (excludes halogenated alkanes) is 6. The van der Waals surface area contributed by atoms with Crippen molar-refractivity contribution in [2.75, 3.05) is 13.6 Å². The van der Waals surface area contributed by atoms with Gasteiger partial charge >= 0.3 is 0 Å². The van der Waals surface area contributed by atoms with Gasteiger partial charge < -0.3 is 10.0 Å². The summed E-state index contributed by atoms with van der Waals surface area (Å²) in [6, 6.07) is 0. The maximum atomic E-state index is 12.5. The number of hydrogen-bond acceptors (Lipinski definition) is 3. The minimum Gasteiger partial charge on any atom is -0.393 e. The summed E-state index contributed by atoms with van der Waals surface area (Å²) in [5.41, 5.74) is 0.469. The van der Waals surface area contributed by atoms with E-state index < -0.39 is 0 Å². The Bertz CT molecular complexity index is 782. The Labute approximate surface area is 227 Å². The van der Waals surface area contributed by atoms with E-state index in [1.807, 2.05) is 11.9 Å². The molecule has 4 fully saturated rings. The lowest BCUT2D eigenvalue weighted by Crippen LogP contribution is -2.57. The van der Waals surface area contributed by atoms with Crippen LogP contribution < -0.4 is 0 Å². The highest BCUT2D eigenvalue weighted by molar-refractivity contribution is 5.79. The van der Waals surface area contributed by atoms with Gasteiger partial charge in [-0.15, -0.1) is 0 Å². The van der Waals surface area contributed by atoms with Crippen LogP contribution >= 0.6 is 0 Å². The zero-order valence-corrected chi connectivity index (χ0v) is 24.6. The molecular weight excluding hydrogens is 458 g/mol. The Morgan fingerprint density at radius 3 is 2.35 bits per heavy atom. The molecule has 1 amide bonds. The Kier molecular flexibility index (Phi) is 9.84. The summed E-state index contributed by atoms with van der Waals surface area (Å²) in [5.74, 6) is 4.35. The molecule has 4 rings (SSSR count). The second kappa shape index (κ2) is 12.5. The fourth-order valence-corrected chi connectivity index (χ4v) is 9.71. The van der Waals surface area contributed by atoms with Crippen LogP contribution in [0.2, 0.25) is 0 Å². The number of amides is 1. The van der Waals surface area contributed by atoms with Crippen molar-refractivity contribution in [2.24, 2.45) is 40.4 Å². The molecule has 0 saturated heterocycles. The molecule has 3 unspecified atom stereocenters. The third-order valence-electron chi connectivity index (χ3n) is 12.1. The summed E-state index contributed by atoms with van der Waals surface area (Å²) in [4.78, 5) is 26.4. The molecule has 4 heteroatoms. The van der Waals surface area contributed by atoms with Crippen LogP contribution in [0.5, 0.6) is 0 Å². The van der Waals surface area contributed by atoms with E-state index in [1.165, 1.54) is 70.6 Å². The van der Waals surface area contributed by atoms with E-state index in [0.717, 1.165) is 62.8 Å². The number of nitrogens with zero attached hydrogens (tertiary/aromatic N) is 1. The molecule has 0 aromatic rings. The SMILES string of the molecule is CCCN(C)C(=O)CCCCCCCCCC1CC2CC(=O)CC[C@]2(C)[C@@H]2CC[C@]3(C)C(O)CC[C@H]3[C@H]12. The second-order valence-electron chi connectivity index (χ2n) is 14.2. The van der Waals surface area contributed by atoms with Crippen molar-refractivity contribution in [1.29, 1.82) is 0 Å². The summed E-state index contributed by atoms with van der Waals surface area (Å²) in [7, 11) is 1.93. The van der Waals surface area contributed by atoms with Gasteiger partial charge in [0.1, 0.15) is 5.78 Å². The monoisotopic (exact) mass is 515 g/mol. The molecule has 4 aliphatic carbocycles. The first-order valence-electron chi connectivity index (χ1n) is 16.1. The third-order valence-corrected chi connectivity index (χ3v) is 12.1. The molecule has 212 valence electrons. The van der Waals surface area contributed by atoms with Crippen molar-refractivity contribution in [3.05, 3.63) is 0 Å². The van der Waals surface area contributed by atoms with Crippen LogP contribution in [0.15, 0.2) is 0 Å². The van der Waals surface area contributed by atoms with Gasteiger partial charge in [-0.1, -0.05) is 65.7 Å². The summed E-state index contributed by atoms with van der Waals surface area (Å²) in [5, 5.41) is 10.9.